The van der Waals surface area contributed by atoms with E-state index in [1.807, 2.05) is 0 Å². The number of hydrogen-bond donors (Lipinski definition) is 2. The third-order valence-electron chi connectivity index (χ3n) is 3.22. The summed E-state index contributed by atoms with van der Waals surface area (Å²) < 4.78 is 4.96. The van der Waals surface area contributed by atoms with E-state index in [2.05, 4.69) is 17.6 Å². The highest BCUT2D eigenvalue weighted by Gasteiger charge is 2.27. The predicted molar refractivity (Wildman–Crippen MR) is 66.9 cm³/mol. The summed E-state index contributed by atoms with van der Waals surface area (Å²) in [6.07, 6.45) is 1.89. The fourth-order valence-corrected chi connectivity index (χ4v) is 1.76. The van der Waals surface area contributed by atoms with Crippen LogP contribution in [0.3, 0.4) is 0 Å². The minimum Gasteiger partial charge on any atom is -0.372 e. The third-order valence-corrected chi connectivity index (χ3v) is 3.22. The van der Waals surface area contributed by atoms with Crippen molar-refractivity contribution in [2.75, 3.05) is 26.7 Å². The lowest BCUT2D eigenvalue weighted by atomic mass is 9.81. The number of piperidine rings is 1. The summed E-state index contributed by atoms with van der Waals surface area (Å²) in [5.74, 6) is -0.0164. The number of methoxy groups -OCH3 is 1. The van der Waals surface area contributed by atoms with Gasteiger partial charge in [0.15, 0.2) is 0 Å². The average Bonchev–Trinajstić information content (AvgIpc) is 2.26. The second kappa shape index (κ2) is 7.09. The Morgan fingerprint density at radius 2 is 2.06 bits per heavy atom. The molecule has 0 aromatic heterocycles. The van der Waals surface area contributed by atoms with E-state index < -0.39 is 0 Å². The van der Waals surface area contributed by atoms with Gasteiger partial charge in [0.1, 0.15) is 6.10 Å². The van der Waals surface area contributed by atoms with E-state index in [4.69, 9.17) is 4.74 Å². The molecule has 1 amide bonds. The molecule has 1 atom stereocenters. The molecule has 16 heavy (non-hydrogen) atoms. The summed E-state index contributed by atoms with van der Waals surface area (Å²) in [4.78, 5) is 11.5. The molecule has 1 heterocycles. The summed E-state index contributed by atoms with van der Waals surface area (Å²) in [5, 5.41) is 6.28. The Hall–Kier alpha value is -0.320. The molecular weight excluding hydrogens is 228 g/mol. The maximum atomic E-state index is 11.5. The fraction of sp³-hybridized carbons (Fsp3) is 0.909. The van der Waals surface area contributed by atoms with Gasteiger partial charge in [0.05, 0.1) is 0 Å². The SMILES string of the molecule is COC(C)C(=O)NCC1(C)CCNCC1.Cl. The van der Waals surface area contributed by atoms with Crippen LogP contribution in [0.15, 0.2) is 0 Å². The van der Waals surface area contributed by atoms with Crippen LogP contribution in [-0.4, -0.2) is 38.8 Å². The summed E-state index contributed by atoms with van der Waals surface area (Å²) in [5.41, 5.74) is 0.244. The van der Waals surface area contributed by atoms with Crippen LogP contribution in [0.4, 0.5) is 0 Å². The van der Waals surface area contributed by atoms with Gasteiger partial charge in [-0.2, -0.15) is 0 Å². The van der Waals surface area contributed by atoms with E-state index in [0.29, 0.717) is 0 Å². The molecule has 4 nitrogen and oxygen atoms in total. The van der Waals surface area contributed by atoms with Gasteiger partial charge in [0, 0.05) is 13.7 Å². The van der Waals surface area contributed by atoms with Gasteiger partial charge in [-0.05, 0) is 38.3 Å². The third kappa shape index (κ3) is 4.68. The van der Waals surface area contributed by atoms with E-state index in [1.54, 1.807) is 14.0 Å². The van der Waals surface area contributed by atoms with E-state index in [-0.39, 0.29) is 29.8 Å². The molecule has 1 aliphatic heterocycles. The van der Waals surface area contributed by atoms with Crippen LogP contribution >= 0.6 is 12.4 Å². The number of ether oxygens (including phenoxy) is 1. The first kappa shape index (κ1) is 15.7. The first-order valence-corrected chi connectivity index (χ1v) is 5.59. The van der Waals surface area contributed by atoms with E-state index in [9.17, 15) is 4.79 Å². The summed E-state index contributed by atoms with van der Waals surface area (Å²) in [6.45, 7) is 6.84. The zero-order valence-corrected chi connectivity index (χ0v) is 11.2. The van der Waals surface area contributed by atoms with Crippen molar-refractivity contribution in [2.45, 2.75) is 32.8 Å². The Kier molecular flexibility index (Phi) is 6.95. The molecule has 0 saturated carbocycles. The lowest BCUT2D eigenvalue weighted by Crippen LogP contribution is -2.45. The van der Waals surface area contributed by atoms with Gasteiger partial charge in [0.2, 0.25) is 5.91 Å². The molecule has 0 aromatic rings. The second-order valence-electron chi connectivity index (χ2n) is 4.66. The highest BCUT2D eigenvalue weighted by atomic mass is 35.5. The first-order chi connectivity index (χ1) is 7.07. The molecule has 96 valence electrons. The second-order valence-corrected chi connectivity index (χ2v) is 4.66. The molecule has 0 radical (unpaired) electrons. The number of amides is 1. The summed E-state index contributed by atoms with van der Waals surface area (Å²) >= 11 is 0. The number of hydrogen-bond acceptors (Lipinski definition) is 3. The van der Waals surface area contributed by atoms with E-state index in [0.717, 1.165) is 32.5 Å². The molecule has 5 heteroatoms. The number of rotatable bonds is 4. The highest BCUT2D eigenvalue weighted by Crippen LogP contribution is 2.26. The Labute approximate surface area is 104 Å². The Bertz CT molecular complexity index is 218. The molecule has 1 fully saturated rings. The Morgan fingerprint density at radius 3 is 2.56 bits per heavy atom. The molecular formula is C11H23ClN2O2. The zero-order valence-electron chi connectivity index (χ0n) is 10.3. The van der Waals surface area contributed by atoms with E-state index in [1.165, 1.54) is 0 Å². The van der Waals surface area contributed by atoms with Gasteiger partial charge >= 0.3 is 0 Å². The van der Waals surface area contributed by atoms with E-state index >= 15 is 0 Å². The minimum atomic E-state index is -0.352. The maximum absolute atomic E-state index is 11.5. The molecule has 1 saturated heterocycles. The first-order valence-electron chi connectivity index (χ1n) is 5.59. The molecule has 0 aromatic carbocycles. The standard InChI is InChI=1S/C11H22N2O2.ClH/c1-9(15-3)10(14)13-8-11(2)4-6-12-7-5-11;/h9,12H,4-8H2,1-3H3,(H,13,14);1H. The van der Waals surface area contributed by atoms with Crippen molar-refractivity contribution < 1.29 is 9.53 Å². The largest absolute Gasteiger partial charge is 0.372 e. The number of carbonyl (C=O) groups is 1. The van der Waals surface area contributed by atoms with Crippen molar-refractivity contribution in [2.24, 2.45) is 5.41 Å². The minimum absolute atomic E-state index is 0. The molecule has 0 aliphatic carbocycles. The van der Waals surface area contributed by atoms with Crippen LogP contribution in [0.1, 0.15) is 26.7 Å². The van der Waals surface area contributed by atoms with Gasteiger partial charge in [-0.1, -0.05) is 6.92 Å². The normalized spacial score (nSPS) is 20.7. The Morgan fingerprint density at radius 1 is 1.50 bits per heavy atom. The number of nitrogens with one attached hydrogen (secondary N) is 2. The molecule has 1 rings (SSSR count). The number of carbonyl (C=O) groups excluding carboxylic acids is 1. The average molecular weight is 251 g/mol. The van der Waals surface area contributed by atoms with Crippen molar-refractivity contribution in [3.8, 4) is 0 Å². The van der Waals surface area contributed by atoms with Crippen LogP contribution in [0, 0.1) is 5.41 Å². The monoisotopic (exact) mass is 250 g/mol. The van der Waals surface area contributed by atoms with Crippen LogP contribution in [0.5, 0.6) is 0 Å². The van der Waals surface area contributed by atoms with Gasteiger partial charge in [-0.15, -0.1) is 12.4 Å². The van der Waals surface area contributed by atoms with Crippen LogP contribution in [0.25, 0.3) is 0 Å². The number of halogens is 1. The van der Waals surface area contributed by atoms with Crippen LogP contribution < -0.4 is 10.6 Å². The van der Waals surface area contributed by atoms with Gasteiger partial charge in [-0.25, -0.2) is 0 Å². The van der Waals surface area contributed by atoms with Gasteiger partial charge in [0.25, 0.3) is 0 Å². The van der Waals surface area contributed by atoms with Crippen molar-refractivity contribution in [3.63, 3.8) is 0 Å². The lowest BCUT2D eigenvalue weighted by Gasteiger charge is -2.34. The molecule has 2 N–H and O–H groups in total. The lowest BCUT2D eigenvalue weighted by molar-refractivity contribution is -0.130. The van der Waals surface area contributed by atoms with Crippen molar-refractivity contribution in [1.29, 1.82) is 0 Å². The van der Waals surface area contributed by atoms with Crippen LogP contribution in [-0.2, 0) is 9.53 Å². The van der Waals surface area contributed by atoms with Gasteiger partial charge in [-0.3, -0.25) is 4.79 Å². The zero-order chi connectivity index (χ0) is 11.3. The van der Waals surface area contributed by atoms with Crippen LogP contribution in [0.2, 0.25) is 0 Å². The summed E-state index contributed by atoms with van der Waals surface area (Å²) in [7, 11) is 1.55. The van der Waals surface area contributed by atoms with Crippen molar-refractivity contribution in [3.05, 3.63) is 0 Å². The van der Waals surface area contributed by atoms with Crippen molar-refractivity contribution >= 4 is 18.3 Å². The quantitative estimate of drug-likeness (QED) is 0.781. The fourth-order valence-electron chi connectivity index (χ4n) is 1.76. The van der Waals surface area contributed by atoms with Crippen molar-refractivity contribution in [1.82, 2.24) is 10.6 Å². The molecule has 1 unspecified atom stereocenters. The molecule has 1 aliphatic rings. The predicted octanol–water partition coefficient (Wildman–Crippen LogP) is 0.949. The smallest absolute Gasteiger partial charge is 0.248 e. The Balaban J connectivity index is 0.00000225. The maximum Gasteiger partial charge on any atom is 0.248 e. The summed E-state index contributed by atoms with van der Waals surface area (Å²) in [6, 6.07) is 0. The molecule has 0 bridgehead atoms. The molecule has 0 spiro atoms. The topological polar surface area (TPSA) is 50.4 Å². The highest BCUT2D eigenvalue weighted by molar-refractivity contribution is 5.85. The van der Waals surface area contributed by atoms with Gasteiger partial charge < -0.3 is 15.4 Å².